The summed E-state index contributed by atoms with van der Waals surface area (Å²) in [5.41, 5.74) is 2.54. The fourth-order valence-corrected chi connectivity index (χ4v) is 4.75. The van der Waals surface area contributed by atoms with E-state index in [1.807, 2.05) is 38.1 Å². The molecule has 4 rings (SSSR count). The minimum absolute atomic E-state index is 0.201. The van der Waals surface area contributed by atoms with Gasteiger partial charge in [0.15, 0.2) is 5.09 Å². The van der Waals surface area contributed by atoms with Gasteiger partial charge in [-0.25, -0.2) is 0 Å². The largest absolute Gasteiger partial charge is 0.450 e. The quantitative estimate of drug-likeness (QED) is 0.397. The molecule has 0 unspecified atom stereocenters. The first-order valence-corrected chi connectivity index (χ1v) is 12.0. The van der Waals surface area contributed by atoms with Crippen LogP contribution < -0.4 is 5.32 Å². The number of hydrogen-bond donors (Lipinski definition) is 1. The van der Waals surface area contributed by atoms with Crippen LogP contribution in [0.25, 0.3) is 6.08 Å². The number of thioether (sulfide) groups is 1. The number of halogens is 1. The molecule has 0 saturated carbocycles. The highest BCUT2D eigenvalue weighted by molar-refractivity contribution is 8.18. The number of hydrogen-bond acceptors (Lipinski definition) is 6. The normalized spacial score (nSPS) is 14.9. The molecule has 3 aromatic rings. The minimum atomic E-state index is -0.536. The number of carbonyl (C=O) groups is 3. The number of benzene rings is 2. The molecule has 0 atom stereocenters. The van der Waals surface area contributed by atoms with E-state index >= 15 is 0 Å². The van der Waals surface area contributed by atoms with E-state index in [2.05, 4.69) is 5.32 Å². The number of anilines is 1. The van der Waals surface area contributed by atoms with E-state index in [-0.39, 0.29) is 11.4 Å². The molecule has 9 heteroatoms. The maximum Gasteiger partial charge on any atom is 0.294 e. The third-order valence-corrected chi connectivity index (χ3v) is 6.99. The van der Waals surface area contributed by atoms with Gasteiger partial charge in [0.05, 0.1) is 4.91 Å². The van der Waals surface area contributed by atoms with Gasteiger partial charge in [-0.1, -0.05) is 47.1 Å². The molecule has 2 heterocycles. The number of imide groups is 1. The SMILES string of the molecule is Cc1ccc(Sc2ccc(C=C3SC(=O)N(CC(=O)Nc4ccc(C)c(Cl)c4)C3=O)o2)cc1. The van der Waals surface area contributed by atoms with Gasteiger partial charge in [-0.2, -0.15) is 0 Å². The van der Waals surface area contributed by atoms with E-state index in [1.165, 1.54) is 23.4 Å². The molecule has 2 aromatic carbocycles. The van der Waals surface area contributed by atoms with Gasteiger partial charge in [0.25, 0.3) is 11.1 Å². The number of carbonyl (C=O) groups excluding carboxylic acids is 3. The van der Waals surface area contributed by atoms with Crippen LogP contribution in [0.4, 0.5) is 10.5 Å². The second-order valence-corrected chi connectivity index (χ2v) is 9.83. The summed E-state index contributed by atoms with van der Waals surface area (Å²) in [5, 5.41) is 3.32. The lowest BCUT2D eigenvalue weighted by molar-refractivity contribution is -0.127. The summed E-state index contributed by atoms with van der Waals surface area (Å²) >= 11 is 8.31. The Morgan fingerprint density at radius 3 is 2.61 bits per heavy atom. The van der Waals surface area contributed by atoms with Gasteiger partial charge in [-0.3, -0.25) is 19.3 Å². The Morgan fingerprint density at radius 2 is 1.88 bits per heavy atom. The molecule has 1 aliphatic heterocycles. The Kier molecular flexibility index (Phi) is 6.97. The Bertz CT molecular complexity index is 1270. The zero-order valence-electron chi connectivity index (χ0n) is 17.8. The van der Waals surface area contributed by atoms with Crippen molar-refractivity contribution in [2.75, 3.05) is 11.9 Å². The monoisotopic (exact) mass is 498 g/mol. The van der Waals surface area contributed by atoms with Crippen LogP contribution in [0, 0.1) is 13.8 Å². The lowest BCUT2D eigenvalue weighted by Crippen LogP contribution is -2.36. The van der Waals surface area contributed by atoms with Crippen molar-refractivity contribution in [3.05, 3.63) is 81.4 Å². The molecule has 0 bridgehead atoms. The summed E-state index contributed by atoms with van der Waals surface area (Å²) in [6.07, 6.45) is 1.52. The molecule has 33 heavy (non-hydrogen) atoms. The maximum atomic E-state index is 12.7. The van der Waals surface area contributed by atoms with Crippen LogP contribution in [0.3, 0.4) is 0 Å². The van der Waals surface area contributed by atoms with Crippen molar-refractivity contribution in [2.45, 2.75) is 23.8 Å². The molecular formula is C24H19ClN2O4S2. The van der Waals surface area contributed by atoms with Crippen LogP contribution in [0.2, 0.25) is 5.02 Å². The van der Waals surface area contributed by atoms with Gasteiger partial charge >= 0.3 is 0 Å². The summed E-state index contributed by atoms with van der Waals surface area (Å²) in [6, 6.07) is 16.7. The Hall–Kier alpha value is -2.94. The van der Waals surface area contributed by atoms with E-state index in [0.29, 0.717) is 21.6 Å². The predicted octanol–water partition coefficient (Wildman–Crippen LogP) is 6.38. The molecule has 0 aliphatic carbocycles. The van der Waals surface area contributed by atoms with Crippen LogP contribution in [-0.2, 0) is 9.59 Å². The molecular weight excluding hydrogens is 480 g/mol. The minimum Gasteiger partial charge on any atom is -0.450 e. The highest BCUT2D eigenvalue weighted by Crippen LogP contribution is 2.34. The number of amides is 3. The summed E-state index contributed by atoms with van der Waals surface area (Å²) in [6.45, 7) is 3.48. The van der Waals surface area contributed by atoms with Crippen LogP contribution in [-0.4, -0.2) is 28.5 Å². The number of rotatable bonds is 6. The van der Waals surface area contributed by atoms with Gasteiger partial charge in [-0.05, 0) is 67.6 Å². The third-order valence-electron chi connectivity index (χ3n) is 4.75. The van der Waals surface area contributed by atoms with Crippen LogP contribution in [0.5, 0.6) is 0 Å². The van der Waals surface area contributed by atoms with Crippen molar-refractivity contribution < 1.29 is 18.8 Å². The van der Waals surface area contributed by atoms with Gasteiger partial charge in [-0.15, -0.1) is 0 Å². The third kappa shape index (κ3) is 5.71. The molecule has 0 spiro atoms. The first-order chi connectivity index (χ1) is 15.8. The number of aryl methyl sites for hydroxylation is 2. The summed E-state index contributed by atoms with van der Waals surface area (Å²) in [4.78, 5) is 39.6. The van der Waals surface area contributed by atoms with Crippen molar-refractivity contribution in [3.8, 4) is 0 Å². The zero-order valence-corrected chi connectivity index (χ0v) is 20.1. The maximum absolute atomic E-state index is 12.7. The van der Waals surface area contributed by atoms with Gasteiger partial charge in [0.2, 0.25) is 5.91 Å². The molecule has 1 N–H and O–H groups in total. The highest BCUT2D eigenvalue weighted by Gasteiger charge is 2.36. The van der Waals surface area contributed by atoms with E-state index < -0.39 is 17.1 Å². The molecule has 6 nitrogen and oxygen atoms in total. The highest BCUT2D eigenvalue weighted by atomic mass is 35.5. The fourth-order valence-electron chi connectivity index (χ4n) is 2.97. The number of furan rings is 1. The van der Waals surface area contributed by atoms with Gasteiger partial charge in [0.1, 0.15) is 12.3 Å². The Balaban J connectivity index is 1.40. The molecule has 1 saturated heterocycles. The fraction of sp³-hybridized carbons (Fsp3) is 0.125. The first kappa shape index (κ1) is 23.2. The summed E-state index contributed by atoms with van der Waals surface area (Å²) in [5.74, 6) is -0.576. The van der Waals surface area contributed by atoms with Crippen molar-refractivity contribution in [1.82, 2.24) is 4.90 Å². The van der Waals surface area contributed by atoms with Crippen LogP contribution in [0.15, 0.2) is 73.9 Å². The van der Waals surface area contributed by atoms with Crippen LogP contribution in [0.1, 0.15) is 16.9 Å². The zero-order chi connectivity index (χ0) is 23.5. The van der Waals surface area contributed by atoms with Crippen molar-refractivity contribution in [3.63, 3.8) is 0 Å². The Morgan fingerprint density at radius 1 is 1.12 bits per heavy atom. The van der Waals surface area contributed by atoms with Crippen LogP contribution >= 0.6 is 35.1 Å². The number of nitrogens with one attached hydrogen (secondary N) is 1. The van der Waals surface area contributed by atoms with Crippen molar-refractivity contribution >= 4 is 63.9 Å². The Labute approximate surface area is 204 Å². The lowest BCUT2D eigenvalue weighted by atomic mass is 10.2. The van der Waals surface area contributed by atoms with Crippen molar-refractivity contribution in [1.29, 1.82) is 0 Å². The molecule has 1 aliphatic rings. The molecule has 0 radical (unpaired) electrons. The van der Waals surface area contributed by atoms with E-state index in [0.717, 1.165) is 27.1 Å². The second kappa shape index (κ2) is 9.91. The smallest absolute Gasteiger partial charge is 0.294 e. The molecule has 1 aromatic heterocycles. The topological polar surface area (TPSA) is 79.6 Å². The predicted molar refractivity (Wildman–Crippen MR) is 132 cm³/mol. The van der Waals surface area contributed by atoms with E-state index in [9.17, 15) is 14.4 Å². The molecule has 1 fully saturated rings. The van der Waals surface area contributed by atoms with E-state index in [1.54, 1.807) is 30.3 Å². The number of nitrogens with zero attached hydrogens (tertiary/aromatic N) is 1. The lowest BCUT2D eigenvalue weighted by Gasteiger charge is -2.12. The molecule has 3 amide bonds. The average Bonchev–Trinajstić information content (AvgIpc) is 3.32. The second-order valence-electron chi connectivity index (χ2n) is 7.35. The average molecular weight is 499 g/mol. The molecule has 168 valence electrons. The van der Waals surface area contributed by atoms with Crippen molar-refractivity contribution in [2.24, 2.45) is 0 Å². The van der Waals surface area contributed by atoms with Gasteiger partial charge in [0, 0.05) is 21.7 Å². The standard InChI is InChI=1S/C24H19ClN2O4S2/c1-14-3-8-18(9-4-14)32-22-10-7-17(31-22)12-20-23(29)27(24(30)33-20)13-21(28)26-16-6-5-15(2)19(25)11-16/h3-12H,13H2,1-2H3,(H,26,28). The summed E-state index contributed by atoms with van der Waals surface area (Å²) in [7, 11) is 0. The van der Waals surface area contributed by atoms with Gasteiger partial charge < -0.3 is 9.73 Å². The van der Waals surface area contributed by atoms with E-state index in [4.69, 9.17) is 16.0 Å². The first-order valence-electron chi connectivity index (χ1n) is 9.94. The summed E-state index contributed by atoms with van der Waals surface area (Å²) < 4.78 is 5.78.